The number of aliphatic carboxylic acids is 1. The maximum atomic E-state index is 9.60. The highest BCUT2D eigenvalue weighted by atomic mass is 16.5. The molecule has 174 valence electrons. The minimum absolute atomic E-state index is 0.176. The van der Waals surface area contributed by atoms with Gasteiger partial charge in [0.05, 0.1) is 0 Å². The number of carboxylic acid groups (broad SMARTS) is 1. The van der Waals surface area contributed by atoms with E-state index >= 15 is 0 Å². The number of carbonyl (C=O) groups is 1. The minimum Gasteiger partial charge on any atom is -0.478 e. The molecule has 0 aromatic heterocycles. The summed E-state index contributed by atoms with van der Waals surface area (Å²) >= 11 is 0. The molecule has 29 heavy (non-hydrogen) atoms. The Morgan fingerprint density at radius 1 is 0.759 bits per heavy atom. The van der Waals surface area contributed by atoms with Crippen molar-refractivity contribution in [1.82, 2.24) is 5.32 Å². The summed E-state index contributed by atoms with van der Waals surface area (Å²) in [5, 5.41) is 28.3. The third kappa shape index (κ3) is 32.0. The molecule has 0 saturated heterocycles. The van der Waals surface area contributed by atoms with Gasteiger partial charge in [-0.3, -0.25) is 0 Å². The number of rotatable bonds is 20. The molecule has 4 N–H and O–H groups in total. The molecule has 0 aliphatic carbocycles. The number of hydrogen-bond acceptors (Lipinski definition) is 4. The predicted molar refractivity (Wildman–Crippen MR) is 123 cm³/mol. The molecule has 5 nitrogen and oxygen atoms in total. The zero-order chi connectivity index (χ0) is 22.2. The molecule has 0 amide bonds. The lowest BCUT2D eigenvalue weighted by atomic mass is 10.0. The molecule has 0 bridgehead atoms. The van der Waals surface area contributed by atoms with Gasteiger partial charge in [0.2, 0.25) is 0 Å². The Morgan fingerprint density at radius 3 is 1.34 bits per heavy atom. The lowest BCUT2D eigenvalue weighted by Gasteiger charge is -2.06. The first-order valence-corrected chi connectivity index (χ1v) is 11.9. The van der Waals surface area contributed by atoms with E-state index in [1.54, 1.807) is 0 Å². The van der Waals surface area contributed by atoms with E-state index in [4.69, 9.17) is 15.3 Å². The highest BCUT2D eigenvalue weighted by Crippen LogP contribution is 2.13. The van der Waals surface area contributed by atoms with Gasteiger partial charge < -0.3 is 20.6 Å². The fraction of sp³-hybridized carbons (Fsp3) is 0.875. The normalized spacial score (nSPS) is 10.7. The third-order valence-corrected chi connectivity index (χ3v) is 4.90. The highest BCUT2D eigenvalue weighted by Gasteiger charge is 1.96. The molecule has 0 aliphatic rings. The number of hydrogen-bond donors (Lipinski definition) is 4. The van der Waals surface area contributed by atoms with E-state index in [1.807, 2.05) is 0 Å². The summed E-state index contributed by atoms with van der Waals surface area (Å²) in [4.78, 5) is 9.60. The second-order valence-corrected chi connectivity index (χ2v) is 8.07. The quantitative estimate of drug-likeness (QED) is 0.115. The van der Waals surface area contributed by atoms with Crippen molar-refractivity contribution in [3.63, 3.8) is 0 Å². The van der Waals surface area contributed by atoms with Crippen LogP contribution in [0.3, 0.4) is 0 Å². The van der Waals surface area contributed by atoms with Crippen molar-refractivity contribution in [3.05, 3.63) is 12.2 Å². The van der Waals surface area contributed by atoms with E-state index in [0.717, 1.165) is 13.0 Å². The average Bonchev–Trinajstić information content (AvgIpc) is 2.67. The minimum atomic E-state index is -1.21. The summed E-state index contributed by atoms with van der Waals surface area (Å²) in [6.07, 6.45) is 21.0. The van der Waals surface area contributed by atoms with Crippen LogP contribution < -0.4 is 5.32 Å². The van der Waals surface area contributed by atoms with E-state index in [-0.39, 0.29) is 5.57 Å². The Morgan fingerprint density at radius 2 is 1.07 bits per heavy atom. The summed E-state index contributed by atoms with van der Waals surface area (Å²) in [5.74, 6) is -0.935. The Labute approximate surface area is 180 Å². The first kappa shape index (κ1) is 30.3. The van der Waals surface area contributed by atoms with Gasteiger partial charge in [-0.2, -0.15) is 0 Å². The van der Waals surface area contributed by atoms with E-state index in [9.17, 15) is 4.79 Å². The molecule has 0 aromatic rings. The maximum Gasteiger partial charge on any atom is 0.330 e. The Kier molecular flexibility index (Phi) is 26.2. The molecular weight excluding hydrogens is 366 g/mol. The number of aliphatic hydroxyl groups excluding tert-OH is 1. The summed E-state index contributed by atoms with van der Waals surface area (Å²) in [6, 6.07) is 0. The van der Waals surface area contributed by atoms with Crippen molar-refractivity contribution in [1.29, 1.82) is 0 Å². The summed E-state index contributed by atoms with van der Waals surface area (Å²) in [7, 11) is 0. The fourth-order valence-electron chi connectivity index (χ4n) is 3.03. The number of aliphatic hydroxyl groups is 2. The molecule has 0 saturated carbocycles. The van der Waals surface area contributed by atoms with Crippen LogP contribution in [0, 0.1) is 0 Å². The third-order valence-electron chi connectivity index (χ3n) is 4.90. The molecule has 0 heterocycles. The zero-order valence-corrected chi connectivity index (χ0v) is 19.3. The van der Waals surface area contributed by atoms with E-state index in [0.29, 0.717) is 6.54 Å². The van der Waals surface area contributed by atoms with Crippen LogP contribution >= 0.6 is 0 Å². The first-order valence-electron chi connectivity index (χ1n) is 11.9. The van der Waals surface area contributed by atoms with E-state index < -0.39 is 12.3 Å². The predicted octanol–water partition coefficient (Wildman–Crippen LogP) is 5.80. The molecular formula is C24H49NO4. The maximum absolute atomic E-state index is 9.60. The van der Waals surface area contributed by atoms with Crippen molar-refractivity contribution in [2.75, 3.05) is 13.1 Å². The lowest BCUT2D eigenvalue weighted by molar-refractivity contribution is -0.132. The zero-order valence-electron chi connectivity index (χ0n) is 19.3. The van der Waals surface area contributed by atoms with Crippen LogP contribution in [0.4, 0.5) is 0 Å². The molecule has 0 fully saturated rings. The second kappa shape index (κ2) is 25.1. The van der Waals surface area contributed by atoms with Crippen molar-refractivity contribution >= 4 is 5.97 Å². The van der Waals surface area contributed by atoms with Gasteiger partial charge in [-0.25, -0.2) is 4.79 Å². The van der Waals surface area contributed by atoms with Crippen LogP contribution in [0.25, 0.3) is 0 Å². The van der Waals surface area contributed by atoms with E-state index in [1.165, 1.54) is 103 Å². The molecule has 0 rings (SSSR count). The Balaban J connectivity index is 0. The summed E-state index contributed by atoms with van der Waals surface area (Å²) in [5.41, 5.74) is 0.176. The molecule has 0 atom stereocenters. The Hall–Kier alpha value is -0.910. The Bertz CT molecular complexity index is 347. The number of unbranched alkanes of at least 4 members (excludes halogenated alkanes) is 15. The first-order chi connectivity index (χ1) is 13.9. The molecule has 5 heteroatoms. The molecule has 0 aromatic carbocycles. The van der Waals surface area contributed by atoms with Gasteiger partial charge in [0.15, 0.2) is 6.29 Å². The molecule has 0 radical (unpaired) electrons. The van der Waals surface area contributed by atoms with Gasteiger partial charge in [0, 0.05) is 12.1 Å². The topological polar surface area (TPSA) is 89.8 Å². The standard InChI is InChI=1S/C20H43NO2.C4H6O2/c1-2-3-4-5-6-7-8-9-10-11-12-13-14-15-16-17-18-21-19-20(22)23;1-3(2)4(5)6/h20-23H,2-19H2,1H3;1H2,2H3,(H,5,6). The highest BCUT2D eigenvalue weighted by molar-refractivity contribution is 5.84. The van der Waals surface area contributed by atoms with Gasteiger partial charge in [0.25, 0.3) is 0 Å². The van der Waals surface area contributed by atoms with E-state index in [2.05, 4.69) is 18.8 Å². The van der Waals surface area contributed by atoms with Crippen LogP contribution in [0.5, 0.6) is 0 Å². The van der Waals surface area contributed by atoms with Gasteiger partial charge in [0.1, 0.15) is 0 Å². The van der Waals surface area contributed by atoms with Crippen LogP contribution in [0.1, 0.15) is 117 Å². The van der Waals surface area contributed by atoms with Crippen molar-refractivity contribution < 1.29 is 20.1 Å². The van der Waals surface area contributed by atoms with Crippen molar-refractivity contribution in [2.45, 2.75) is 123 Å². The van der Waals surface area contributed by atoms with Crippen LogP contribution in [-0.4, -0.2) is 40.7 Å². The molecule has 0 unspecified atom stereocenters. The second-order valence-electron chi connectivity index (χ2n) is 8.07. The summed E-state index contributed by atoms with van der Waals surface area (Å²) < 4.78 is 0. The lowest BCUT2D eigenvalue weighted by Crippen LogP contribution is -2.26. The van der Waals surface area contributed by atoms with Gasteiger partial charge in [-0.1, -0.05) is 110 Å². The number of nitrogens with one attached hydrogen (secondary N) is 1. The van der Waals surface area contributed by atoms with Gasteiger partial charge >= 0.3 is 5.97 Å². The SMILES string of the molecule is C=C(C)C(=O)O.CCCCCCCCCCCCCCCCCCNCC(O)O. The average molecular weight is 416 g/mol. The summed E-state index contributed by atoms with van der Waals surface area (Å²) in [6.45, 7) is 8.07. The van der Waals surface area contributed by atoms with Crippen molar-refractivity contribution in [3.8, 4) is 0 Å². The van der Waals surface area contributed by atoms with Gasteiger partial charge in [-0.05, 0) is 19.9 Å². The largest absolute Gasteiger partial charge is 0.478 e. The van der Waals surface area contributed by atoms with Crippen LogP contribution in [0.15, 0.2) is 12.2 Å². The fourth-order valence-corrected chi connectivity index (χ4v) is 3.03. The van der Waals surface area contributed by atoms with Gasteiger partial charge in [-0.15, -0.1) is 0 Å². The van der Waals surface area contributed by atoms with Crippen molar-refractivity contribution in [2.24, 2.45) is 0 Å². The number of carboxylic acids is 1. The van der Waals surface area contributed by atoms with Crippen LogP contribution in [0.2, 0.25) is 0 Å². The molecule has 0 aliphatic heterocycles. The van der Waals surface area contributed by atoms with Crippen LogP contribution in [-0.2, 0) is 4.79 Å². The smallest absolute Gasteiger partial charge is 0.330 e. The monoisotopic (exact) mass is 415 g/mol. The molecule has 0 spiro atoms.